The average Bonchev–Trinajstić information content (AvgIpc) is 2.45. The fourth-order valence-corrected chi connectivity index (χ4v) is 1.07. The van der Waals surface area contributed by atoms with Crippen LogP contribution in [0.2, 0.25) is 0 Å². The zero-order valence-electron chi connectivity index (χ0n) is 6.92. The van der Waals surface area contributed by atoms with E-state index in [1.54, 1.807) is 11.9 Å². The van der Waals surface area contributed by atoms with Crippen molar-refractivity contribution in [2.45, 2.75) is 38.4 Å². The Morgan fingerprint density at radius 3 is 2.40 bits per heavy atom. The highest BCUT2D eigenvalue weighted by Gasteiger charge is 2.19. The van der Waals surface area contributed by atoms with Crippen LogP contribution in [0.15, 0.2) is 4.40 Å². The van der Waals surface area contributed by atoms with Gasteiger partial charge in [0.15, 0.2) is 0 Å². The molecule has 0 aliphatic heterocycles. The van der Waals surface area contributed by atoms with Gasteiger partial charge in [-0.25, -0.2) is 4.40 Å². The highest BCUT2D eigenvalue weighted by Crippen LogP contribution is 2.29. The third-order valence-corrected chi connectivity index (χ3v) is 2.00. The molecule has 0 aromatic carbocycles. The minimum absolute atomic E-state index is 0.283. The lowest BCUT2D eigenvalue weighted by Crippen LogP contribution is -2.04. The fourth-order valence-electron chi connectivity index (χ4n) is 0.520. The van der Waals surface area contributed by atoms with Gasteiger partial charge in [-0.1, -0.05) is 0 Å². The Morgan fingerprint density at radius 2 is 2.00 bits per heavy atom. The Bertz CT molecular complexity index is 131. The predicted molar refractivity (Wildman–Crippen MR) is 48.6 cm³/mol. The van der Waals surface area contributed by atoms with Crippen LogP contribution in [0.5, 0.6) is 0 Å². The Kier molecular flexibility index (Phi) is 2.40. The first-order valence-corrected chi connectivity index (χ1v) is 4.57. The summed E-state index contributed by atoms with van der Waals surface area (Å²) in [6.07, 6.45) is 4.80. The molecule has 0 heterocycles. The van der Waals surface area contributed by atoms with Crippen molar-refractivity contribution in [3.8, 4) is 0 Å². The number of rotatable bonds is 2. The van der Waals surface area contributed by atoms with Crippen LogP contribution in [0.3, 0.4) is 0 Å². The van der Waals surface area contributed by atoms with Gasteiger partial charge in [-0.15, -0.1) is 0 Å². The van der Waals surface area contributed by atoms with E-state index in [-0.39, 0.29) is 4.75 Å². The van der Waals surface area contributed by atoms with Gasteiger partial charge in [-0.3, -0.25) is 0 Å². The normalized spacial score (nSPS) is 20.3. The van der Waals surface area contributed by atoms with E-state index in [4.69, 9.17) is 0 Å². The van der Waals surface area contributed by atoms with Crippen molar-refractivity contribution in [1.82, 2.24) is 0 Å². The lowest BCUT2D eigenvalue weighted by molar-refractivity contribution is 0.804. The van der Waals surface area contributed by atoms with Crippen molar-refractivity contribution in [3.63, 3.8) is 0 Å². The first-order valence-electron chi connectivity index (χ1n) is 3.79. The second-order valence-corrected chi connectivity index (χ2v) is 5.41. The van der Waals surface area contributed by atoms with Gasteiger partial charge >= 0.3 is 0 Å². The molecular weight excluding hydrogens is 142 g/mol. The quantitative estimate of drug-likeness (QED) is 0.443. The molecule has 0 spiro atoms. The van der Waals surface area contributed by atoms with Gasteiger partial charge < -0.3 is 0 Å². The second kappa shape index (κ2) is 2.95. The van der Waals surface area contributed by atoms with Crippen LogP contribution < -0.4 is 0 Å². The minimum atomic E-state index is 0.283. The summed E-state index contributed by atoms with van der Waals surface area (Å²) in [6, 6.07) is 0. The summed E-state index contributed by atoms with van der Waals surface area (Å²) in [5, 5.41) is 0. The van der Waals surface area contributed by atoms with Crippen molar-refractivity contribution >= 4 is 18.2 Å². The SMILES string of the molecule is CC(C)(C)SN=CC1CC1. The van der Waals surface area contributed by atoms with Crippen molar-refractivity contribution in [2.75, 3.05) is 0 Å². The molecule has 2 heteroatoms. The third kappa shape index (κ3) is 3.94. The molecule has 0 radical (unpaired) electrons. The van der Waals surface area contributed by atoms with E-state index < -0.39 is 0 Å². The van der Waals surface area contributed by atoms with Crippen molar-refractivity contribution in [3.05, 3.63) is 0 Å². The Labute approximate surface area is 67.4 Å². The van der Waals surface area contributed by atoms with Gasteiger partial charge in [-0.05, 0) is 51.5 Å². The predicted octanol–water partition coefficient (Wildman–Crippen LogP) is 2.91. The van der Waals surface area contributed by atoms with Crippen molar-refractivity contribution < 1.29 is 0 Å². The van der Waals surface area contributed by atoms with Gasteiger partial charge in [0.1, 0.15) is 0 Å². The lowest BCUT2D eigenvalue weighted by Gasteiger charge is -2.11. The number of hydrogen-bond acceptors (Lipinski definition) is 2. The number of hydrogen-bond donors (Lipinski definition) is 0. The van der Waals surface area contributed by atoms with Gasteiger partial charge in [-0.2, -0.15) is 0 Å². The van der Waals surface area contributed by atoms with Crippen LogP contribution in [0.1, 0.15) is 33.6 Å². The molecule has 1 aliphatic rings. The summed E-state index contributed by atoms with van der Waals surface area (Å²) in [6.45, 7) is 6.55. The Morgan fingerprint density at radius 1 is 1.40 bits per heavy atom. The fraction of sp³-hybridized carbons (Fsp3) is 0.875. The van der Waals surface area contributed by atoms with Crippen LogP contribution in [0.4, 0.5) is 0 Å². The van der Waals surface area contributed by atoms with Gasteiger partial charge in [0.05, 0.1) is 0 Å². The van der Waals surface area contributed by atoms with Crippen LogP contribution in [-0.4, -0.2) is 11.0 Å². The first-order chi connectivity index (χ1) is 4.58. The molecule has 1 nitrogen and oxygen atoms in total. The maximum atomic E-state index is 4.30. The summed E-state index contributed by atoms with van der Waals surface area (Å²) in [4.78, 5) is 0. The molecule has 10 heavy (non-hydrogen) atoms. The Balaban J connectivity index is 2.13. The molecule has 1 fully saturated rings. The monoisotopic (exact) mass is 157 g/mol. The maximum Gasteiger partial charge on any atom is 0.0294 e. The van der Waals surface area contributed by atoms with Crippen LogP contribution in [0, 0.1) is 5.92 Å². The molecule has 1 rings (SSSR count). The van der Waals surface area contributed by atoms with Crippen LogP contribution in [0.25, 0.3) is 0 Å². The summed E-state index contributed by atoms with van der Waals surface area (Å²) < 4.78 is 4.58. The minimum Gasteiger partial charge on any atom is -0.228 e. The summed E-state index contributed by atoms with van der Waals surface area (Å²) in [7, 11) is 0. The molecule has 1 aliphatic carbocycles. The highest BCUT2D eigenvalue weighted by molar-refractivity contribution is 7.99. The van der Waals surface area contributed by atoms with Gasteiger partial charge in [0.2, 0.25) is 0 Å². The zero-order valence-corrected chi connectivity index (χ0v) is 7.74. The Hall–Kier alpha value is 0.0200. The number of nitrogens with zero attached hydrogens (tertiary/aromatic N) is 1. The van der Waals surface area contributed by atoms with E-state index in [0.29, 0.717) is 0 Å². The average molecular weight is 157 g/mol. The van der Waals surface area contributed by atoms with E-state index >= 15 is 0 Å². The summed E-state index contributed by atoms with van der Waals surface area (Å²) in [5.74, 6) is 0.815. The lowest BCUT2D eigenvalue weighted by atomic mass is 10.3. The molecule has 0 saturated heterocycles. The molecule has 0 aromatic rings. The summed E-state index contributed by atoms with van der Waals surface area (Å²) >= 11 is 1.67. The molecule has 1 saturated carbocycles. The smallest absolute Gasteiger partial charge is 0.0294 e. The standard InChI is InChI=1S/C8H15NS/c1-8(2,3)10-9-6-7-4-5-7/h6-7H,4-5H2,1-3H3. The molecule has 0 bridgehead atoms. The van der Waals surface area contributed by atoms with E-state index in [9.17, 15) is 0 Å². The topological polar surface area (TPSA) is 12.4 Å². The largest absolute Gasteiger partial charge is 0.228 e. The van der Waals surface area contributed by atoms with E-state index in [1.807, 2.05) is 0 Å². The molecular formula is C8H15NS. The molecule has 0 amide bonds. The molecule has 0 aromatic heterocycles. The molecule has 0 atom stereocenters. The van der Waals surface area contributed by atoms with E-state index in [1.165, 1.54) is 12.8 Å². The van der Waals surface area contributed by atoms with Crippen LogP contribution >= 0.6 is 11.9 Å². The highest BCUT2D eigenvalue weighted by atomic mass is 32.2. The maximum absolute atomic E-state index is 4.30. The van der Waals surface area contributed by atoms with Crippen molar-refractivity contribution in [1.29, 1.82) is 0 Å². The van der Waals surface area contributed by atoms with Gasteiger partial charge in [0, 0.05) is 11.0 Å². The van der Waals surface area contributed by atoms with Gasteiger partial charge in [0.25, 0.3) is 0 Å². The summed E-state index contributed by atoms with van der Waals surface area (Å²) in [5.41, 5.74) is 0. The molecule has 0 N–H and O–H groups in total. The zero-order chi connectivity index (χ0) is 7.61. The molecule has 0 unspecified atom stereocenters. The van der Waals surface area contributed by atoms with Crippen molar-refractivity contribution in [2.24, 2.45) is 10.3 Å². The van der Waals surface area contributed by atoms with Crippen LogP contribution in [-0.2, 0) is 0 Å². The molecule has 58 valence electrons. The third-order valence-electron chi connectivity index (χ3n) is 1.22. The van der Waals surface area contributed by atoms with E-state index in [2.05, 4.69) is 31.4 Å². The first kappa shape index (κ1) is 8.12. The second-order valence-electron chi connectivity index (χ2n) is 3.80. The van der Waals surface area contributed by atoms with E-state index in [0.717, 1.165) is 5.92 Å².